The molecule has 0 bridgehead atoms. The Morgan fingerprint density at radius 3 is 2.31 bits per heavy atom. The highest BCUT2D eigenvalue weighted by Crippen LogP contribution is 2.21. The second-order valence-electron chi connectivity index (χ2n) is 3.38. The van der Waals surface area contributed by atoms with Crippen molar-refractivity contribution in [3.63, 3.8) is 0 Å². The van der Waals surface area contributed by atoms with E-state index >= 15 is 0 Å². The number of carboxylic acid groups (broad SMARTS) is 1. The van der Waals surface area contributed by atoms with Gasteiger partial charge in [0.25, 0.3) is 0 Å². The van der Waals surface area contributed by atoms with Gasteiger partial charge in [0.2, 0.25) is 0 Å². The van der Waals surface area contributed by atoms with Crippen molar-refractivity contribution in [1.82, 2.24) is 0 Å². The summed E-state index contributed by atoms with van der Waals surface area (Å²) in [4.78, 5) is 10.7. The van der Waals surface area contributed by atoms with E-state index in [-0.39, 0.29) is 5.56 Å². The number of carbonyl (C=O) groups excluding carboxylic acids is 1. The van der Waals surface area contributed by atoms with Crippen LogP contribution in [0.1, 0.15) is 10.4 Å². The molecule has 0 aliphatic rings. The molecule has 2 nitrogen and oxygen atoms in total. The molecule has 2 aromatic rings. The highest BCUT2D eigenvalue weighted by molar-refractivity contribution is 14.1. The molecule has 2 aromatic carbocycles. The van der Waals surface area contributed by atoms with Crippen LogP contribution in [0.5, 0.6) is 0 Å². The number of carbonyl (C=O) groups is 1. The topological polar surface area (TPSA) is 40.1 Å². The molecular formula is C13H8IO2-. The van der Waals surface area contributed by atoms with Crippen LogP contribution in [0.25, 0.3) is 11.1 Å². The predicted octanol–water partition coefficient (Wildman–Crippen LogP) is 2.32. The lowest BCUT2D eigenvalue weighted by Crippen LogP contribution is -2.22. The standard InChI is InChI=1S/C13H9IO2/c14-12-6-4-9(5-7-12)10-2-1-3-11(8-10)13(15)16/h1-8H,(H,15,16)/p-1. The summed E-state index contributed by atoms with van der Waals surface area (Å²) >= 11 is 2.23. The van der Waals surface area contributed by atoms with Crippen molar-refractivity contribution in [2.75, 3.05) is 0 Å². The van der Waals surface area contributed by atoms with Crippen molar-refractivity contribution >= 4 is 28.6 Å². The average molecular weight is 323 g/mol. The van der Waals surface area contributed by atoms with Gasteiger partial charge in [0.15, 0.2) is 0 Å². The van der Waals surface area contributed by atoms with Gasteiger partial charge in [-0.25, -0.2) is 0 Å². The number of halogens is 1. The summed E-state index contributed by atoms with van der Waals surface area (Å²) in [6, 6.07) is 14.7. The minimum atomic E-state index is -1.15. The molecule has 16 heavy (non-hydrogen) atoms. The van der Waals surface area contributed by atoms with E-state index in [1.807, 2.05) is 30.3 Å². The molecule has 0 N–H and O–H groups in total. The SMILES string of the molecule is O=C([O-])c1cccc(-c2ccc(I)cc2)c1. The minimum absolute atomic E-state index is 0.205. The first-order valence-corrected chi connectivity index (χ1v) is 5.82. The molecule has 3 heteroatoms. The molecule has 80 valence electrons. The average Bonchev–Trinajstić information content (AvgIpc) is 2.30. The van der Waals surface area contributed by atoms with Crippen LogP contribution < -0.4 is 5.11 Å². The molecule has 2 rings (SSSR count). The van der Waals surface area contributed by atoms with E-state index in [1.54, 1.807) is 12.1 Å². The number of aromatic carboxylic acids is 1. The molecular weight excluding hydrogens is 315 g/mol. The molecule has 0 spiro atoms. The summed E-state index contributed by atoms with van der Waals surface area (Å²) in [6.07, 6.45) is 0. The highest BCUT2D eigenvalue weighted by Gasteiger charge is 1.99. The predicted molar refractivity (Wildman–Crippen MR) is 68.9 cm³/mol. The Kier molecular flexibility index (Phi) is 3.24. The molecule has 0 fully saturated rings. The largest absolute Gasteiger partial charge is 0.545 e. The van der Waals surface area contributed by atoms with Gasteiger partial charge < -0.3 is 9.90 Å². The molecule has 0 radical (unpaired) electrons. The van der Waals surface area contributed by atoms with Crippen LogP contribution in [0.2, 0.25) is 0 Å². The number of rotatable bonds is 2. The maximum Gasteiger partial charge on any atom is 0.0715 e. The summed E-state index contributed by atoms with van der Waals surface area (Å²) < 4.78 is 1.15. The Hall–Kier alpha value is -1.36. The van der Waals surface area contributed by atoms with Crippen molar-refractivity contribution in [3.05, 3.63) is 57.7 Å². The highest BCUT2D eigenvalue weighted by atomic mass is 127. The third kappa shape index (κ3) is 2.41. The Morgan fingerprint density at radius 1 is 1.00 bits per heavy atom. The van der Waals surface area contributed by atoms with Gasteiger partial charge in [-0.3, -0.25) is 0 Å². The van der Waals surface area contributed by atoms with Gasteiger partial charge in [-0.05, 0) is 57.5 Å². The fourth-order valence-corrected chi connectivity index (χ4v) is 1.83. The maximum absolute atomic E-state index is 10.7. The van der Waals surface area contributed by atoms with E-state index in [2.05, 4.69) is 22.6 Å². The molecule has 0 atom stereocenters. The van der Waals surface area contributed by atoms with Gasteiger partial charge in [-0.15, -0.1) is 0 Å². The lowest BCUT2D eigenvalue weighted by atomic mass is 10.0. The van der Waals surface area contributed by atoms with Crippen molar-refractivity contribution < 1.29 is 9.90 Å². The van der Waals surface area contributed by atoms with E-state index in [4.69, 9.17) is 0 Å². The monoisotopic (exact) mass is 323 g/mol. The van der Waals surface area contributed by atoms with Gasteiger partial charge in [0.05, 0.1) is 5.97 Å². The van der Waals surface area contributed by atoms with Crippen LogP contribution in [-0.2, 0) is 0 Å². The Labute approximate surface area is 107 Å². The lowest BCUT2D eigenvalue weighted by Gasteiger charge is -2.06. The van der Waals surface area contributed by atoms with Crippen LogP contribution >= 0.6 is 22.6 Å². The summed E-state index contributed by atoms with van der Waals surface area (Å²) in [5, 5.41) is 10.7. The molecule has 0 aromatic heterocycles. The fraction of sp³-hybridized carbons (Fsp3) is 0. The molecule has 0 saturated heterocycles. The van der Waals surface area contributed by atoms with Crippen molar-refractivity contribution in [2.24, 2.45) is 0 Å². The Balaban J connectivity index is 2.44. The van der Waals surface area contributed by atoms with Gasteiger partial charge in [0, 0.05) is 3.57 Å². The first kappa shape index (κ1) is 11.1. The van der Waals surface area contributed by atoms with E-state index in [0.29, 0.717) is 0 Å². The summed E-state index contributed by atoms with van der Waals surface area (Å²) in [7, 11) is 0. The molecule has 0 aliphatic carbocycles. The van der Waals surface area contributed by atoms with Crippen LogP contribution in [0.3, 0.4) is 0 Å². The number of benzene rings is 2. The third-order valence-corrected chi connectivity index (χ3v) is 2.99. The maximum atomic E-state index is 10.7. The number of carboxylic acids is 1. The molecule has 0 amide bonds. The van der Waals surface area contributed by atoms with Crippen LogP contribution in [0.4, 0.5) is 0 Å². The third-order valence-electron chi connectivity index (χ3n) is 2.28. The van der Waals surface area contributed by atoms with Gasteiger partial charge in [0.1, 0.15) is 0 Å². The molecule has 0 aliphatic heterocycles. The first-order chi connectivity index (χ1) is 7.66. The summed E-state index contributed by atoms with van der Waals surface area (Å²) in [5.41, 5.74) is 2.10. The Morgan fingerprint density at radius 2 is 1.69 bits per heavy atom. The van der Waals surface area contributed by atoms with E-state index in [9.17, 15) is 9.90 Å². The van der Waals surface area contributed by atoms with Gasteiger partial charge in [-0.2, -0.15) is 0 Å². The lowest BCUT2D eigenvalue weighted by molar-refractivity contribution is -0.255. The normalized spacial score (nSPS) is 10.1. The van der Waals surface area contributed by atoms with Gasteiger partial charge >= 0.3 is 0 Å². The number of hydrogen-bond acceptors (Lipinski definition) is 2. The van der Waals surface area contributed by atoms with Crippen LogP contribution in [0.15, 0.2) is 48.5 Å². The van der Waals surface area contributed by atoms with Crippen molar-refractivity contribution in [3.8, 4) is 11.1 Å². The van der Waals surface area contributed by atoms with E-state index < -0.39 is 5.97 Å². The van der Waals surface area contributed by atoms with Gasteiger partial charge in [-0.1, -0.05) is 30.3 Å². The molecule has 0 unspecified atom stereocenters. The second kappa shape index (κ2) is 4.65. The zero-order valence-corrected chi connectivity index (χ0v) is 10.5. The van der Waals surface area contributed by atoms with E-state index in [0.717, 1.165) is 14.7 Å². The minimum Gasteiger partial charge on any atom is -0.545 e. The smallest absolute Gasteiger partial charge is 0.0715 e. The summed E-state index contributed by atoms with van der Waals surface area (Å²) in [6.45, 7) is 0. The fourth-order valence-electron chi connectivity index (χ4n) is 1.47. The van der Waals surface area contributed by atoms with Crippen molar-refractivity contribution in [1.29, 1.82) is 0 Å². The molecule has 0 saturated carbocycles. The van der Waals surface area contributed by atoms with Crippen molar-refractivity contribution in [2.45, 2.75) is 0 Å². The number of hydrogen-bond donors (Lipinski definition) is 0. The zero-order valence-electron chi connectivity index (χ0n) is 8.31. The van der Waals surface area contributed by atoms with Crippen LogP contribution in [-0.4, -0.2) is 5.97 Å². The molecule has 0 heterocycles. The Bertz CT molecular complexity index is 518. The first-order valence-electron chi connectivity index (χ1n) is 4.74. The second-order valence-corrected chi connectivity index (χ2v) is 4.62. The van der Waals surface area contributed by atoms with Crippen LogP contribution in [0, 0.1) is 3.57 Å². The summed E-state index contributed by atoms with van der Waals surface area (Å²) in [5.74, 6) is -1.15. The zero-order chi connectivity index (χ0) is 11.5. The van der Waals surface area contributed by atoms with E-state index in [1.165, 1.54) is 6.07 Å². The quantitative estimate of drug-likeness (QED) is 0.796.